The molecule has 4 rings (SSSR count). The molecule has 0 saturated carbocycles. The van der Waals surface area contributed by atoms with Crippen molar-refractivity contribution in [1.82, 2.24) is 9.78 Å². The van der Waals surface area contributed by atoms with E-state index in [0.717, 1.165) is 16.0 Å². The molecule has 1 amide bonds. The lowest BCUT2D eigenvalue weighted by Crippen LogP contribution is -2.22. The Morgan fingerprint density at radius 2 is 1.88 bits per heavy atom. The Kier molecular flexibility index (Phi) is 6.39. The molecule has 0 saturated heterocycles. The molecule has 2 heterocycles. The van der Waals surface area contributed by atoms with E-state index in [-0.39, 0.29) is 5.69 Å². The highest BCUT2D eigenvalue weighted by molar-refractivity contribution is 7.13. The fourth-order valence-corrected chi connectivity index (χ4v) is 4.34. The molecule has 0 aliphatic carbocycles. The normalized spacial score (nSPS) is 10.7. The van der Waals surface area contributed by atoms with Gasteiger partial charge in [-0.25, -0.2) is 9.48 Å². The number of aromatic nitrogens is 2. The summed E-state index contributed by atoms with van der Waals surface area (Å²) in [5.74, 6) is -1.12. The first-order valence-corrected chi connectivity index (χ1v) is 11.1. The van der Waals surface area contributed by atoms with Crippen molar-refractivity contribution in [2.45, 2.75) is 13.8 Å². The van der Waals surface area contributed by atoms with E-state index in [1.807, 2.05) is 67.8 Å². The molecule has 0 radical (unpaired) electrons. The van der Waals surface area contributed by atoms with Crippen molar-refractivity contribution < 1.29 is 14.3 Å². The van der Waals surface area contributed by atoms with Crippen LogP contribution in [0.15, 0.2) is 66.0 Å². The second-order valence-corrected chi connectivity index (χ2v) is 8.56. The van der Waals surface area contributed by atoms with Gasteiger partial charge in [0.2, 0.25) is 0 Å². The van der Waals surface area contributed by atoms with Crippen LogP contribution in [-0.4, -0.2) is 28.3 Å². The van der Waals surface area contributed by atoms with Gasteiger partial charge in [0.25, 0.3) is 5.91 Å². The lowest BCUT2D eigenvalue weighted by atomic mass is 10.1. The molecule has 0 aliphatic rings. The standard InChI is InChI=1S/C24H20ClN3O3S/c1-15-11-16(2)23(18(25)12-15)26-22(29)14-31-24(30)20-13-19(21-9-6-10-32-21)27-28(20)17-7-4-3-5-8-17/h3-13H,14H2,1-2H3,(H,26,29). The van der Waals surface area contributed by atoms with Gasteiger partial charge in [-0.1, -0.05) is 41.9 Å². The van der Waals surface area contributed by atoms with Crippen LogP contribution >= 0.6 is 22.9 Å². The number of nitrogens with one attached hydrogen (secondary N) is 1. The number of ether oxygens (including phenoxy) is 1. The number of aryl methyl sites for hydroxylation is 2. The van der Waals surface area contributed by atoms with Gasteiger partial charge in [0.15, 0.2) is 12.3 Å². The van der Waals surface area contributed by atoms with Crippen molar-refractivity contribution in [3.63, 3.8) is 0 Å². The second kappa shape index (κ2) is 9.38. The zero-order chi connectivity index (χ0) is 22.7. The molecule has 2 aromatic carbocycles. The molecule has 162 valence electrons. The van der Waals surface area contributed by atoms with E-state index in [1.165, 1.54) is 16.0 Å². The van der Waals surface area contributed by atoms with Gasteiger partial charge in [-0.3, -0.25) is 4.79 Å². The van der Waals surface area contributed by atoms with Crippen molar-refractivity contribution in [2.24, 2.45) is 0 Å². The molecule has 6 nitrogen and oxygen atoms in total. The molecule has 0 spiro atoms. The maximum absolute atomic E-state index is 12.9. The van der Waals surface area contributed by atoms with Crippen LogP contribution in [0.4, 0.5) is 5.69 Å². The smallest absolute Gasteiger partial charge is 0.357 e. The third-order valence-electron chi connectivity index (χ3n) is 4.72. The molecule has 2 aromatic heterocycles. The van der Waals surface area contributed by atoms with Gasteiger partial charge in [-0.2, -0.15) is 5.10 Å². The van der Waals surface area contributed by atoms with Gasteiger partial charge in [-0.15, -0.1) is 11.3 Å². The quantitative estimate of drug-likeness (QED) is 0.372. The van der Waals surface area contributed by atoms with Gasteiger partial charge >= 0.3 is 5.97 Å². The number of thiophene rings is 1. The summed E-state index contributed by atoms with van der Waals surface area (Å²) in [6.45, 7) is 3.33. The fourth-order valence-electron chi connectivity index (χ4n) is 3.29. The molecule has 4 aromatic rings. The average Bonchev–Trinajstić information content (AvgIpc) is 3.45. The summed E-state index contributed by atoms with van der Waals surface area (Å²) in [6, 6.07) is 18.5. The maximum Gasteiger partial charge on any atom is 0.357 e. The number of carbonyl (C=O) groups excluding carboxylic acids is 2. The van der Waals surface area contributed by atoms with Crippen molar-refractivity contribution >= 4 is 40.5 Å². The van der Waals surface area contributed by atoms with E-state index in [4.69, 9.17) is 16.3 Å². The predicted molar refractivity (Wildman–Crippen MR) is 127 cm³/mol. The Labute approximate surface area is 194 Å². The lowest BCUT2D eigenvalue weighted by molar-refractivity contribution is -0.119. The predicted octanol–water partition coefficient (Wildman–Crippen LogP) is 5.67. The monoisotopic (exact) mass is 465 g/mol. The minimum absolute atomic E-state index is 0.233. The first kappa shape index (κ1) is 21.8. The van der Waals surface area contributed by atoms with Crippen LogP contribution < -0.4 is 5.32 Å². The maximum atomic E-state index is 12.9. The Bertz CT molecular complexity index is 1240. The summed E-state index contributed by atoms with van der Waals surface area (Å²) in [5.41, 5.74) is 3.94. The van der Waals surface area contributed by atoms with E-state index in [2.05, 4.69) is 10.4 Å². The van der Waals surface area contributed by atoms with Gasteiger partial charge in [0.05, 0.1) is 21.3 Å². The van der Waals surface area contributed by atoms with E-state index in [9.17, 15) is 9.59 Å². The highest BCUT2D eigenvalue weighted by Gasteiger charge is 2.20. The van der Waals surface area contributed by atoms with Gasteiger partial charge in [0, 0.05) is 6.07 Å². The number of para-hydroxylation sites is 1. The lowest BCUT2D eigenvalue weighted by Gasteiger charge is -2.12. The summed E-state index contributed by atoms with van der Waals surface area (Å²) in [5, 5.41) is 9.67. The number of anilines is 1. The summed E-state index contributed by atoms with van der Waals surface area (Å²) in [7, 11) is 0. The largest absolute Gasteiger partial charge is 0.451 e. The topological polar surface area (TPSA) is 73.2 Å². The molecule has 0 aliphatic heterocycles. The molecule has 32 heavy (non-hydrogen) atoms. The zero-order valence-corrected chi connectivity index (χ0v) is 19.0. The van der Waals surface area contributed by atoms with Crippen molar-refractivity contribution in [1.29, 1.82) is 0 Å². The van der Waals surface area contributed by atoms with Crippen molar-refractivity contribution in [3.8, 4) is 16.3 Å². The van der Waals surface area contributed by atoms with E-state index in [0.29, 0.717) is 22.1 Å². The average molecular weight is 466 g/mol. The Morgan fingerprint density at radius 1 is 1.09 bits per heavy atom. The van der Waals surface area contributed by atoms with E-state index in [1.54, 1.807) is 12.1 Å². The molecular formula is C24H20ClN3O3S. The number of esters is 1. The zero-order valence-electron chi connectivity index (χ0n) is 17.5. The van der Waals surface area contributed by atoms with Crippen LogP contribution in [0.2, 0.25) is 5.02 Å². The SMILES string of the molecule is Cc1cc(C)c(NC(=O)COC(=O)c2cc(-c3cccs3)nn2-c2ccccc2)c(Cl)c1. The number of hydrogen-bond donors (Lipinski definition) is 1. The third kappa shape index (κ3) is 4.74. The highest BCUT2D eigenvalue weighted by atomic mass is 35.5. The molecule has 0 unspecified atom stereocenters. The van der Waals surface area contributed by atoms with Gasteiger partial charge in [-0.05, 0) is 54.6 Å². The van der Waals surface area contributed by atoms with Gasteiger partial charge in [0.1, 0.15) is 5.69 Å². The summed E-state index contributed by atoms with van der Waals surface area (Å²) >= 11 is 7.77. The minimum Gasteiger partial charge on any atom is -0.451 e. The third-order valence-corrected chi connectivity index (χ3v) is 5.91. The molecule has 0 atom stereocenters. The molecular weight excluding hydrogens is 446 g/mol. The molecule has 0 fully saturated rings. The number of rotatable bonds is 6. The fraction of sp³-hybridized carbons (Fsp3) is 0.125. The summed E-state index contributed by atoms with van der Waals surface area (Å²) in [4.78, 5) is 26.2. The molecule has 1 N–H and O–H groups in total. The highest BCUT2D eigenvalue weighted by Crippen LogP contribution is 2.28. The number of nitrogens with zero attached hydrogens (tertiary/aromatic N) is 2. The van der Waals surface area contributed by atoms with Crippen LogP contribution in [0, 0.1) is 13.8 Å². The summed E-state index contributed by atoms with van der Waals surface area (Å²) < 4.78 is 6.83. The van der Waals surface area contributed by atoms with Crippen molar-refractivity contribution in [2.75, 3.05) is 11.9 Å². The van der Waals surface area contributed by atoms with Crippen molar-refractivity contribution in [3.05, 3.63) is 87.9 Å². The number of benzene rings is 2. The van der Waals surface area contributed by atoms with Crippen LogP contribution in [-0.2, 0) is 9.53 Å². The Hall–Kier alpha value is -3.42. The minimum atomic E-state index is -0.647. The van der Waals surface area contributed by atoms with E-state index < -0.39 is 18.5 Å². The molecule has 8 heteroatoms. The Balaban J connectivity index is 1.52. The van der Waals surface area contributed by atoms with Crippen LogP contribution in [0.1, 0.15) is 21.6 Å². The van der Waals surface area contributed by atoms with Crippen LogP contribution in [0.5, 0.6) is 0 Å². The second-order valence-electron chi connectivity index (χ2n) is 7.20. The first-order valence-electron chi connectivity index (χ1n) is 9.85. The Morgan fingerprint density at radius 3 is 2.56 bits per heavy atom. The van der Waals surface area contributed by atoms with Crippen LogP contribution in [0.25, 0.3) is 16.3 Å². The first-order chi connectivity index (χ1) is 15.4. The number of amides is 1. The van der Waals surface area contributed by atoms with Crippen LogP contribution in [0.3, 0.4) is 0 Å². The van der Waals surface area contributed by atoms with E-state index >= 15 is 0 Å². The summed E-state index contributed by atoms with van der Waals surface area (Å²) in [6.07, 6.45) is 0. The number of halogens is 1. The number of carbonyl (C=O) groups is 2. The molecule has 0 bridgehead atoms. The number of hydrogen-bond acceptors (Lipinski definition) is 5. The van der Waals surface area contributed by atoms with Gasteiger partial charge < -0.3 is 10.1 Å².